The fourth-order valence-corrected chi connectivity index (χ4v) is 4.14. The van der Waals surface area contributed by atoms with E-state index in [1.807, 2.05) is 36.5 Å². The number of benzene rings is 1. The van der Waals surface area contributed by atoms with Crippen molar-refractivity contribution in [1.29, 1.82) is 0 Å². The number of pyridine rings is 1. The summed E-state index contributed by atoms with van der Waals surface area (Å²) in [4.78, 5) is 25.6. The zero-order valence-corrected chi connectivity index (χ0v) is 19.3. The van der Waals surface area contributed by atoms with Gasteiger partial charge in [0.05, 0.1) is 13.7 Å². The van der Waals surface area contributed by atoms with Gasteiger partial charge in [0.2, 0.25) is 5.56 Å². The first-order chi connectivity index (χ1) is 16.2. The van der Waals surface area contributed by atoms with Gasteiger partial charge in [0.15, 0.2) is 11.5 Å². The van der Waals surface area contributed by atoms with E-state index in [-0.39, 0.29) is 5.56 Å². The van der Waals surface area contributed by atoms with Crippen LogP contribution >= 0.6 is 0 Å². The van der Waals surface area contributed by atoms with Crippen LogP contribution in [0.2, 0.25) is 0 Å². The van der Waals surface area contributed by atoms with Gasteiger partial charge in [0.25, 0.3) is 0 Å². The smallest absolute Gasteiger partial charge is 0.247 e. The van der Waals surface area contributed by atoms with Crippen molar-refractivity contribution in [3.63, 3.8) is 0 Å². The van der Waals surface area contributed by atoms with Crippen LogP contribution in [-0.2, 0) is 19.3 Å². The molecule has 7 nitrogen and oxygen atoms in total. The molecule has 174 valence electrons. The quantitative estimate of drug-likeness (QED) is 0.453. The van der Waals surface area contributed by atoms with Crippen molar-refractivity contribution in [1.82, 2.24) is 19.9 Å². The number of methoxy groups -OCH3 is 1. The standard InChI is InChI=1S/C26H32N4O3/c1-32-23-9-6-21(17-24(23)33-16-4-15-30-13-2-3-14-30)18-25-27-12-11-22(29-25)8-5-20-7-10-26(31)28-19-20/h6-7,9-12,17,19H,2-5,8,13-16,18H2,1H3,(H,28,31). The molecule has 33 heavy (non-hydrogen) atoms. The lowest BCUT2D eigenvalue weighted by molar-refractivity contribution is 0.254. The molecule has 1 aliphatic rings. The molecule has 4 rings (SSSR count). The van der Waals surface area contributed by atoms with Crippen molar-refractivity contribution in [3.8, 4) is 11.5 Å². The molecular formula is C26H32N4O3. The number of H-pyrrole nitrogens is 1. The van der Waals surface area contributed by atoms with E-state index >= 15 is 0 Å². The molecule has 1 saturated heterocycles. The normalized spacial score (nSPS) is 13.8. The van der Waals surface area contributed by atoms with E-state index in [1.54, 1.807) is 19.4 Å². The van der Waals surface area contributed by atoms with Gasteiger partial charge < -0.3 is 19.4 Å². The minimum atomic E-state index is -0.0856. The number of rotatable bonds is 11. The Hall–Kier alpha value is -3.19. The fourth-order valence-electron chi connectivity index (χ4n) is 4.14. The van der Waals surface area contributed by atoms with Crippen LogP contribution in [0.4, 0.5) is 0 Å². The topological polar surface area (TPSA) is 80.3 Å². The summed E-state index contributed by atoms with van der Waals surface area (Å²) in [6.07, 6.45) is 9.42. The maximum absolute atomic E-state index is 11.2. The van der Waals surface area contributed by atoms with E-state index < -0.39 is 0 Å². The van der Waals surface area contributed by atoms with E-state index in [0.29, 0.717) is 13.0 Å². The number of hydrogen-bond acceptors (Lipinski definition) is 6. The highest BCUT2D eigenvalue weighted by molar-refractivity contribution is 5.43. The third-order valence-electron chi connectivity index (χ3n) is 5.95. The van der Waals surface area contributed by atoms with Crippen molar-refractivity contribution in [2.24, 2.45) is 0 Å². The largest absolute Gasteiger partial charge is 0.493 e. The minimum absolute atomic E-state index is 0.0856. The van der Waals surface area contributed by atoms with E-state index in [2.05, 4.69) is 14.9 Å². The lowest BCUT2D eigenvalue weighted by atomic mass is 10.1. The molecule has 0 aliphatic carbocycles. The van der Waals surface area contributed by atoms with Crippen molar-refractivity contribution < 1.29 is 9.47 Å². The molecule has 0 atom stereocenters. The third kappa shape index (κ3) is 6.89. The van der Waals surface area contributed by atoms with Crippen LogP contribution in [0.1, 0.15) is 41.9 Å². The average molecular weight is 449 g/mol. The molecule has 3 aromatic rings. The van der Waals surface area contributed by atoms with Crippen LogP contribution in [0.3, 0.4) is 0 Å². The average Bonchev–Trinajstić information content (AvgIpc) is 3.36. The van der Waals surface area contributed by atoms with Crippen molar-refractivity contribution in [2.45, 2.75) is 38.5 Å². The molecule has 1 aliphatic heterocycles. The predicted molar refractivity (Wildman–Crippen MR) is 128 cm³/mol. The minimum Gasteiger partial charge on any atom is -0.493 e. The van der Waals surface area contributed by atoms with Gasteiger partial charge in [-0.25, -0.2) is 9.97 Å². The second-order valence-corrected chi connectivity index (χ2v) is 8.44. The van der Waals surface area contributed by atoms with Gasteiger partial charge in [-0.2, -0.15) is 0 Å². The van der Waals surface area contributed by atoms with E-state index in [1.165, 1.54) is 25.9 Å². The molecule has 2 aromatic heterocycles. The summed E-state index contributed by atoms with van der Waals surface area (Å²) >= 11 is 0. The molecule has 0 amide bonds. The molecule has 7 heteroatoms. The Labute approximate surface area is 194 Å². The summed E-state index contributed by atoms with van der Waals surface area (Å²) in [5, 5.41) is 0. The van der Waals surface area contributed by atoms with Gasteiger partial charge in [-0.1, -0.05) is 12.1 Å². The molecule has 1 aromatic carbocycles. The van der Waals surface area contributed by atoms with Gasteiger partial charge >= 0.3 is 0 Å². The zero-order valence-electron chi connectivity index (χ0n) is 19.3. The lowest BCUT2D eigenvalue weighted by Crippen LogP contribution is -2.21. The van der Waals surface area contributed by atoms with Gasteiger partial charge in [0, 0.05) is 37.1 Å². The van der Waals surface area contributed by atoms with E-state index in [9.17, 15) is 4.79 Å². The van der Waals surface area contributed by atoms with Crippen LogP contribution in [0.5, 0.6) is 11.5 Å². The van der Waals surface area contributed by atoms with Crippen LogP contribution in [0, 0.1) is 0 Å². The Kier molecular flexibility index (Phi) is 8.09. The Morgan fingerprint density at radius 1 is 1.03 bits per heavy atom. The molecule has 3 heterocycles. The summed E-state index contributed by atoms with van der Waals surface area (Å²) < 4.78 is 11.6. The zero-order chi connectivity index (χ0) is 22.9. The van der Waals surface area contributed by atoms with Gasteiger partial charge in [0.1, 0.15) is 5.82 Å². The Bertz CT molecular complexity index is 1070. The Balaban J connectivity index is 1.34. The number of nitrogens with one attached hydrogen (secondary N) is 1. The number of aromatic amines is 1. The fraction of sp³-hybridized carbons (Fsp3) is 0.423. The lowest BCUT2D eigenvalue weighted by Gasteiger charge is -2.16. The molecular weight excluding hydrogens is 416 g/mol. The molecule has 1 N–H and O–H groups in total. The summed E-state index contributed by atoms with van der Waals surface area (Å²) in [7, 11) is 1.67. The summed E-state index contributed by atoms with van der Waals surface area (Å²) in [6.45, 7) is 4.18. The van der Waals surface area contributed by atoms with Gasteiger partial charge in [-0.15, -0.1) is 0 Å². The van der Waals surface area contributed by atoms with Crippen LogP contribution in [0.15, 0.2) is 53.6 Å². The second kappa shape index (κ2) is 11.6. The predicted octanol–water partition coefficient (Wildman–Crippen LogP) is 3.41. The second-order valence-electron chi connectivity index (χ2n) is 8.44. The molecule has 0 saturated carbocycles. The van der Waals surface area contributed by atoms with Crippen LogP contribution in [-0.4, -0.2) is 53.2 Å². The number of ether oxygens (including phenoxy) is 2. The Morgan fingerprint density at radius 3 is 2.67 bits per heavy atom. The summed E-state index contributed by atoms with van der Waals surface area (Å²) in [5.41, 5.74) is 3.06. The van der Waals surface area contributed by atoms with Gasteiger partial charge in [-0.3, -0.25) is 4.79 Å². The van der Waals surface area contributed by atoms with Crippen molar-refractivity contribution >= 4 is 0 Å². The SMILES string of the molecule is COc1ccc(Cc2nccc(CCc3ccc(=O)[nH]c3)n2)cc1OCCCN1CCCC1. The molecule has 0 unspecified atom stereocenters. The van der Waals surface area contributed by atoms with E-state index in [4.69, 9.17) is 14.5 Å². The molecule has 0 bridgehead atoms. The number of aryl methyl sites for hydroxylation is 2. The first-order valence-corrected chi connectivity index (χ1v) is 11.7. The maximum Gasteiger partial charge on any atom is 0.247 e. The highest BCUT2D eigenvalue weighted by Crippen LogP contribution is 2.29. The number of aromatic nitrogens is 3. The molecule has 1 fully saturated rings. The monoisotopic (exact) mass is 448 g/mol. The Morgan fingerprint density at radius 2 is 1.88 bits per heavy atom. The van der Waals surface area contributed by atoms with Crippen molar-refractivity contribution in [2.75, 3.05) is 33.4 Å². The summed E-state index contributed by atoms with van der Waals surface area (Å²) in [5.74, 6) is 2.29. The van der Waals surface area contributed by atoms with Gasteiger partial charge in [-0.05, 0) is 74.5 Å². The number of likely N-dealkylation sites (tertiary alicyclic amines) is 1. The summed E-state index contributed by atoms with van der Waals surface area (Å²) in [6, 6.07) is 11.4. The first kappa shape index (κ1) is 23.0. The number of nitrogens with zero attached hydrogens (tertiary/aromatic N) is 3. The van der Waals surface area contributed by atoms with Crippen LogP contribution in [0.25, 0.3) is 0 Å². The van der Waals surface area contributed by atoms with Crippen molar-refractivity contribution in [3.05, 3.63) is 81.8 Å². The highest BCUT2D eigenvalue weighted by atomic mass is 16.5. The van der Waals surface area contributed by atoms with E-state index in [0.717, 1.165) is 60.0 Å². The number of hydrogen-bond donors (Lipinski definition) is 1. The molecule has 0 radical (unpaired) electrons. The van der Waals surface area contributed by atoms with Crippen LogP contribution < -0.4 is 15.0 Å². The first-order valence-electron chi connectivity index (χ1n) is 11.7. The molecule has 0 spiro atoms. The maximum atomic E-state index is 11.2. The highest BCUT2D eigenvalue weighted by Gasteiger charge is 2.12. The third-order valence-corrected chi connectivity index (χ3v) is 5.95.